The van der Waals surface area contributed by atoms with Crippen molar-refractivity contribution >= 4 is 17.2 Å². The molecule has 0 aliphatic carbocycles. The molecule has 2 atom stereocenters. The minimum absolute atomic E-state index is 0.0110. The molecule has 0 N–H and O–H groups in total. The third-order valence-corrected chi connectivity index (χ3v) is 6.20. The van der Waals surface area contributed by atoms with Gasteiger partial charge >= 0.3 is 0 Å². The molecule has 2 aliphatic rings. The number of benzene rings is 1. The lowest BCUT2D eigenvalue weighted by Gasteiger charge is -2.29. The van der Waals surface area contributed by atoms with Crippen LogP contribution in [0.1, 0.15) is 24.1 Å². The molecule has 0 unspecified atom stereocenters. The van der Waals surface area contributed by atoms with E-state index in [-0.39, 0.29) is 24.7 Å². The quantitative estimate of drug-likeness (QED) is 0.774. The van der Waals surface area contributed by atoms with Crippen molar-refractivity contribution in [3.05, 3.63) is 46.4 Å². The molecule has 150 valence electrons. The Morgan fingerprint density at radius 1 is 1.25 bits per heavy atom. The SMILES string of the molecule is CN1C(=O)COc2ccccc2CCCCO[C@@H]2CN(Cc3cscn3)C[C@@H]21. The van der Waals surface area contributed by atoms with E-state index in [1.54, 1.807) is 11.3 Å². The maximum absolute atomic E-state index is 12.8. The number of rotatable bonds is 2. The molecule has 2 aromatic rings. The second-order valence-corrected chi connectivity index (χ2v) is 8.23. The van der Waals surface area contributed by atoms with Gasteiger partial charge in [0.05, 0.1) is 23.4 Å². The Bertz CT molecular complexity index is 783. The number of aromatic nitrogens is 1. The van der Waals surface area contributed by atoms with Gasteiger partial charge in [-0.25, -0.2) is 4.98 Å². The molecule has 1 aromatic heterocycles. The molecule has 0 radical (unpaired) electrons. The van der Waals surface area contributed by atoms with E-state index >= 15 is 0 Å². The Morgan fingerprint density at radius 3 is 3.00 bits per heavy atom. The molecule has 0 saturated carbocycles. The fourth-order valence-electron chi connectivity index (χ4n) is 3.97. The highest BCUT2D eigenvalue weighted by Gasteiger charge is 2.38. The summed E-state index contributed by atoms with van der Waals surface area (Å²) in [5, 5.41) is 2.08. The summed E-state index contributed by atoms with van der Waals surface area (Å²) in [6.07, 6.45) is 3.01. The number of thiazole rings is 1. The summed E-state index contributed by atoms with van der Waals surface area (Å²) in [4.78, 5) is 21.3. The second kappa shape index (κ2) is 9.03. The van der Waals surface area contributed by atoms with Gasteiger partial charge in [0, 0.05) is 38.7 Å². The third-order valence-electron chi connectivity index (χ3n) is 5.57. The molecule has 6 nitrogen and oxygen atoms in total. The zero-order valence-electron chi connectivity index (χ0n) is 16.3. The van der Waals surface area contributed by atoms with E-state index in [1.165, 1.54) is 0 Å². The van der Waals surface area contributed by atoms with Crippen LogP contribution in [-0.4, -0.2) is 66.2 Å². The van der Waals surface area contributed by atoms with Crippen LogP contribution in [0.4, 0.5) is 0 Å². The summed E-state index contributed by atoms with van der Waals surface area (Å²) in [6.45, 7) is 3.19. The highest BCUT2D eigenvalue weighted by atomic mass is 32.1. The Labute approximate surface area is 170 Å². The van der Waals surface area contributed by atoms with Crippen LogP contribution < -0.4 is 4.74 Å². The lowest BCUT2D eigenvalue weighted by molar-refractivity contribution is -0.136. The summed E-state index contributed by atoms with van der Waals surface area (Å²) in [5.41, 5.74) is 4.10. The van der Waals surface area contributed by atoms with E-state index in [9.17, 15) is 4.79 Å². The lowest BCUT2D eigenvalue weighted by atomic mass is 10.1. The van der Waals surface area contributed by atoms with Crippen molar-refractivity contribution in [3.63, 3.8) is 0 Å². The zero-order chi connectivity index (χ0) is 19.3. The first-order chi connectivity index (χ1) is 13.7. The highest BCUT2D eigenvalue weighted by molar-refractivity contribution is 7.07. The monoisotopic (exact) mass is 401 g/mol. The molecule has 2 aliphatic heterocycles. The van der Waals surface area contributed by atoms with Crippen molar-refractivity contribution in [1.82, 2.24) is 14.8 Å². The van der Waals surface area contributed by atoms with Crippen molar-refractivity contribution < 1.29 is 14.3 Å². The topological polar surface area (TPSA) is 54.9 Å². The van der Waals surface area contributed by atoms with Crippen LogP contribution >= 0.6 is 11.3 Å². The number of fused-ring (bicyclic) bond motifs is 2. The number of ether oxygens (including phenoxy) is 2. The highest BCUT2D eigenvalue weighted by Crippen LogP contribution is 2.24. The van der Waals surface area contributed by atoms with Crippen LogP contribution in [0.15, 0.2) is 35.2 Å². The number of carbonyl (C=O) groups is 1. The minimum Gasteiger partial charge on any atom is -0.483 e. The number of hydrogen-bond donors (Lipinski definition) is 0. The van der Waals surface area contributed by atoms with Crippen molar-refractivity contribution in [3.8, 4) is 5.75 Å². The van der Waals surface area contributed by atoms with Gasteiger partial charge in [-0.15, -0.1) is 11.3 Å². The van der Waals surface area contributed by atoms with Crippen LogP contribution in [0, 0.1) is 0 Å². The number of likely N-dealkylation sites (N-methyl/N-ethyl adjacent to an activating group) is 1. The van der Waals surface area contributed by atoms with Gasteiger partial charge in [0.2, 0.25) is 0 Å². The number of hydrogen-bond acceptors (Lipinski definition) is 6. The average Bonchev–Trinajstić information content (AvgIpc) is 3.35. The molecule has 1 saturated heterocycles. The van der Waals surface area contributed by atoms with E-state index in [1.807, 2.05) is 35.7 Å². The van der Waals surface area contributed by atoms with E-state index < -0.39 is 0 Å². The number of nitrogens with zero attached hydrogens (tertiary/aromatic N) is 3. The first-order valence-electron chi connectivity index (χ1n) is 9.88. The van der Waals surface area contributed by atoms with Crippen LogP contribution in [0.5, 0.6) is 5.75 Å². The molecule has 0 spiro atoms. The van der Waals surface area contributed by atoms with E-state index in [4.69, 9.17) is 9.47 Å². The summed E-state index contributed by atoms with van der Waals surface area (Å²) in [6, 6.07) is 8.04. The Morgan fingerprint density at radius 2 is 2.14 bits per heavy atom. The second-order valence-electron chi connectivity index (χ2n) is 7.51. The smallest absolute Gasteiger partial charge is 0.260 e. The molecule has 0 bridgehead atoms. The molecule has 1 amide bonds. The van der Waals surface area contributed by atoms with E-state index in [2.05, 4.69) is 21.3 Å². The molecule has 1 aromatic carbocycles. The number of amides is 1. The summed E-state index contributed by atoms with van der Waals surface area (Å²) in [5.74, 6) is 0.806. The summed E-state index contributed by atoms with van der Waals surface area (Å²) < 4.78 is 12.1. The van der Waals surface area contributed by atoms with E-state index in [0.717, 1.165) is 62.5 Å². The van der Waals surface area contributed by atoms with Gasteiger partial charge in [0.25, 0.3) is 5.91 Å². The molecule has 3 heterocycles. The molecule has 4 rings (SSSR count). The fourth-order valence-corrected chi connectivity index (χ4v) is 4.52. The molecule has 1 fully saturated rings. The zero-order valence-corrected chi connectivity index (χ0v) is 17.1. The van der Waals surface area contributed by atoms with Gasteiger partial charge < -0.3 is 14.4 Å². The minimum atomic E-state index is -0.0110. The molecule has 7 heteroatoms. The van der Waals surface area contributed by atoms with E-state index in [0.29, 0.717) is 0 Å². The number of carbonyl (C=O) groups excluding carboxylic acids is 1. The number of para-hydroxylation sites is 1. The van der Waals surface area contributed by atoms with Gasteiger partial charge in [-0.05, 0) is 30.9 Å². The van der Waals surface area contributed by atoms with Crippen molar-refractivity contribution in [2.75, 3.05) is 33.4 Å². The van der Waals surface area contributed by atoms with Crippen molar-refractivity contribution in [2.45, 2.75) is 38.0 Å². The molecular formula is C21H27N3O3S. The van der Waals surface area contributed by atoms with Gasteiger partial charge in [0.15, 0.2) is 6.61 Å². The van der Waals surface area contributed by atoms with Crippen LogP contribution in [0.2, 0.25) is 0 Å². The van der Waals surface area contributed by atoms with Crippen LogP contribution in [0.3, 0.4) is 0 Å². The predicted molar refractivity (Wildman–Crippen MR) is 109 cm³/mol. The predicted octanol–water partition coefficient (Wildman–Crippen LogP) is 2.59. The van der Waals surface area contributed by atoms with Crippen molar-refractivity contribution in [1.29, 1.82) is 0 Å². The Hall–Kier alpha value is -1.96. The van der Waals surface area contributed by atoms with Crippen molar-refractivity contribution in [2.24, 2.45) is 0 Å². The largest absolute Gasteiger partial charge is 0.483 e. The third kappa shape index (κ3) is 4.54. The summed E-state index contributed by atoms with van der Waals surface area (Å²) in [7, 11) is 1.87. The van der Waals surface area contributed by atoms with Gasteiger partial charge in [-0.2, -0.15) is 0 Å². The fraction of sp³-hybridized carbons (Fsp3) is 0.524. The summed E-state index contributed by atoms with van der Waals surface area (Å²) >= 11 is 1.61. The maximum Gasteiger partial charge on any atom is 0.260 e. The van der Waals surface area contributed by atoms with Gasteiger partial charge in [-0.3, -0.25) is 9.69 Å². The van der Waals surface area contributed by atoms with Crippen LogP contribution in [0.25, 0.3) is 0 Å². The number of likely N-dealkylation sites (tertiary alicyclic amines) is 1. The van der Waals surface area contributed by atoms with Gasteiger partial charge in [0.1, 0.15) is 5.75 Å². The first-order valence-corrected chi connectivity index (χ1v) is 10.8. The van der Waals surface area contributed by atoms with Crippen LogP contribution in [-0.2, 0) is 22.5 Å². The maximum atomic E-state index is 12.8. The standard InChI is InChI=1S/C21H27N3O3S/c1-23-18-11-24(10-17-14-28-15-22-17)12-20(18)26-9-5-4-7-16-6-2-3-8-19(16)27-13-21(23)25/h2-3,6,8,14-15,18,20H,4-5,7,9-13H2,1H3/t18-,20+/m0/s1. The normalized spacial score (nSPS) is 24.5. The van der Waals surface area contributed by atoms with Gasteiger partial charge in [-0.1, -0.05) is 18.2 Å². The Kier molecular flexibility index (Phi) is 6.24. The first kappa shape index (κ1) is 19.4. The number of aryl methyl sites for hydroxylation is 1. The molecular weight excluding hydrogens is 374 g/mol. The average molecular weight is 402 g/mol. The molecule has 28 heavy (non-hydrogen) atoms. The lowest BCUT2D eigenvalue weighted by Crippen LogP contribution is -2.47. The Balaban J connectivity index is 1.47.